The molecule has 3 atom stereocenters. The number of anilines is 1. The minimum absolute atomic E-state index is 0.00901. The van der Waals surface area contributed by atoms with Gasteiger partial charge in [-0.1, -0.05) is 30.3 Å². The van der Waals surface area contributed by atoms with Crippen LogP contribution in [-0.4, -0.2) is 60.5 Å². The summed E-state index contributed by atoms with van der Waals surface area (Å²) in [5, 5.41) is 2.67. The Balaban J connectivity index is 1.24. The zero-order chi connectivity index (χ0) is 27.0. The molecule has 3 heterocycles. The summed E-state index contributed by atoms with van der Waals surface area (Å²) in [7, 11) is 0. The Morgan fingerprint density at radius 1 is 1.11 bits per heavy atom. The molecule has 1 N–H and O–H groups in total. The number of piperazine rings is 1. The van der Waals surface area contributed by atoms with Crippen molar-refractivity contribution in [3.8, 4) is 5.75 Å². The fourth-order valence-electron chi connectivity index (χ4n) is 5.42. The third kappa shape index (κ3) is 5.49. The van der Waals surface area contributed by atoms with Crippen LogP contribution >= 0.6 is 0 Å². The second-order valence-corrected chi connectivity index (χ2v) is 11.1. The number of amides is 2. The molecule has 2 unspecified atom stereocenters. The molecule has 10 heteroatoms. The lowest BCUT2D eigenvalue weighted by Crippen LogP contribution is -2.57. The number of rotatable bonds is 4. The third-order valence-corrected chi connectivity index (χ3v) is 7.09. The van der Waals surface area contributed by atoms with Crippen molar-refractivity contribution in [2.24, 2.45) is 0 Å². The number of ether oxygens (including phenoxy) is 3. The average molecular weight is 530 g/mol. The van der Waals surface area contributed by atoms with E-state index in [1.165, 1.54) is 6.07 Å². The minimum atomic E-state index is -0.651. The van der Waals surface area contributed by atoms with Crippen LogP contribution in [0.5, 0.6) is 5.75 Å². The highest BCUT2D eigenvalue weighted by Gasteiger charge is 2.45. The molecule has 3 aliphatic heterocycles. The normalized spacial score (nSPS) is 22.4. The molecule has 2 saturated heterocycles. The number of hydrogen-bond donors (Lipinski definition) is 1. The summed E-state index contributed by atoms with van der Waals surface area (Å²) < 4.78 is 47.3. The predicted molar refractivity (Wildman–Crippen MR) is 136 cm³/mol. The Hall–Kier alpha value is -3.56. The van der Waals surface area contributed by atoms with E-state index in [0.717, 1.165) is 18.4 Å². The first-order valence-electron chi connectivity index (χ1n) is 13.0. The fraction of sp³-hybridized carbons (Fsp3) is 0.500. The van der Waals surface area contributed by atoms with Crippen molar-refractivity contribution in [2.75, 3.05) is 24.6 Å². The van der Waals surface area contributed by atoms with Crippen LogP contribution in [-0.2, 0) is 22.5 Å². The molecule has 3 aliphatic rings. The lowest BCUT2D eigenvalue weighted by atomic mass is 10.00. The molecule has 8 nitrogen and oxygen atoms in total. The molecule has 2 amide bonds. The van der Waals surface area contributed by atoms with Gasteiger partial charge in [-0.25, -0.2) is 18.4 Å². The van der Waals surface area contributed by atoms with E-state index in [9.17, 15) is 9.59 Å². The van der Waals surface area contributed by atoms with Crippen molar-refractivity contribution in [3.05, 3.63) is 59.2 Å². The summed E-state index contributed by atoms with van der Waals surface area (Å²) >= 11 is 0. The Kier molecular flexibility index (Phi) is 7.07. The maximum Gasteiger partial charge on any atom is 0.410 e. The van der Waals surface area contributed by atoms with Crippen molar-refractivity contribution in [1.82, 2.24) is 10.2 Å². The Bertz CT molecular complexity index is 1190. The molecule has 5 rings (SSSR count). The summed E-state index contributed by atoms with van der Waals surface area (Å²) in [6.45, 7) is 6.31. The van der Waals surface area contributed by atoms with Gasteiger partial charge in [0, 0.05) is 31.1 Å². The fourth-order valence-corrected chi connectivity index (χ4v) is 5.42. The Morgan fingerprint density at radius 2 is 1.79 bits per heavy atom. The number of alkyl carbamates (subject to hydrolysis) is 1. The van der Waals surface area contributed by atoms with Gasteiger partial charge in [-0.3, -0.25) is 4.90 Å². The zero-order valence-electron chi connectivity index (χ0n) is 21.8. The molecule has 0 saturated carbocycles. The number of halogens is 2. The SMILES string of the molecule is CC(C)(C)OC(=O)N1C2CCC1CN(c1cc(F)c3c(c1F)OC[C@H](NC(=O)OCc1ccccc1)C3)C2. The van der Waals surface area contributed by atoms with Crippen LogP contribution in [0.3, 0.4) is 0 Å². The highest BCUT2D eigenvalue weighted by atomic mass is 19.1. The largest absolute Gasteiger partial charge is 0.488 e. The molecule has 2 aromatic carbocycles. The van der Waals surface area contributed by atoms with Gasteiger partial charge < -0.3 is 24.4 Å². The van der Waals surface area contributed by atoms with E-state index in [-0.39, 0.29) is 54.8 Å². The summed E-state index contributed by atoms with van der Waals surface area (Å²) in [6, 6.07) is 9.59. The van der Waals surface area contributed by atoms with E-state index in [2.05, 4.69) is 5.32 Å². The van der Waals surface area contributed by atoms with E-state index in [0.29, 0.717) is 13.1 Å². The maximum atomic E-state index is 15.6. The van der Waals surface area contributed by atoms with E-state index >= 15 is 8.78 Å². The minimum Gasteiger partial charge on any atom is -0.488 e. The number of benzene rings is 2. The smallest absolute Gasteiger partial charge is 0.410 e. The Labute approximate surface area is 220 Å². The third-order valence-electron chi connectivity index (χ3n) is 7.09. The first kappa shape index (κ1) is 26.1. The number of carbonyl (C=O) groups excluding carboxylic acids is 2. The molecular formula is C28H33F2N3O5. The van der Waals surface area contributed by atoms with Crippen LogP contribution in [0.1, 0.15) is 44.7 Å². The number of fused-ring (bicyclic) bond motifs is 3. The second-order valence-electron chi connectivity index (χ2n) is 11.1. The van der Waals surface area contributed by atoms with Crippen LogP contribution in [0.25, 0.3) is 0 Å². The van der Waals surface area contributed by atoms with Crippen molar-refractivity contribution < 1.29 is 32.6 Å². The molecule has 38 heavy (non-hydrogen) atoms. The quantitative estimate of drug-likeness (QED) is 0.614. The molecule has 0 aromatic heterocycles. The number of nitrogens with zero attached hydrogens (tertiary/aromatic N) is 2. The summed E-state index contributed by atoms with van der Waals surface area (Å²) in [4.78, 5) is 28.5. The lowest BCUT2D eigenvalue weighted by Gasteiger charge is -2.42. The molecule has 0 radical (unpaired) electrons. The van der Waals surface area contributed by atoms with E-state index in [1.807, 2.05) is 51.1 Å². The topological polar surface area (TPSA) is 80.3 Å². The lowest BCUT2D eigenvalue weighted by molar-refractivity contribution is 0.0122. The monoisotopic (exact) mass is 529 g/mol. The average Bonchev–Trinajstić information content (AvgIpc) is 3.14. The van der Waals surface area contributed by atoms with Gasteiger partial charge in [-0.05, 0) is 39.2 Å². The van der Waals surface area contributed by atoms with Gasteiger partial charge in [0.1, 0.15) is 24.6 Å². The van der Waals surface area contributed by atoms with Crippen LogP contribution < -0.4 is 15.0 Å². The van der Waals surface area contributed by atoms with Crippen molar-refractivity contribution in [1.29, 1.82) is 0 Å². The van der Waals surface area contributed by atoms with Crippen LogP contribution in [0, 0.1) is 11.6 Å². The van der Waals surface area contributed by atoms with Gasteiger partial charge in [-0.2, -0.15) is 0 Å². The highest BCUT2D eigenvalue weighted by Crippen LogP contribution is 2.40. The van der Waals surface area contributed by atoms with Crippen molar-refractivity contribution >= 4 is 17.9 Å². The molecule has 204 valence electrons. The van der Waals surface area contributed by atoms with Gasteiger partial charge in [0.25, 0.3) is 0 Å². The molecule has 2 fully saturated rings. The molecule has 2 aromatic rings. The number of nitrogens with one attached hydrogen (secondary N) is 1. The van der Waals surface area contributed by atoms with Gasteiger partial charge in [0.05, 0.1) is 23.8 Å². The van der Waals surface area contributed by atoms with Gasteiger partial charge >= 0.3 is 12.2 Å². The van der Waals surface area contributed by atoms with Crippen LogP contribution in [0.15, 0.2) is 36.4 Å². The standard InChI is InChI=1S/C28H33F2N3O5/c1-28(2,3)38-27(35)33-19-9-10-20(33)14-32(13-19)23-12-22(29)21-11-18(16-36-25(21)24(23)30)31-26(34)37-15-17-7-5-4-6-8-17/h4-8,12,18-20H,9-11,13-16H2,1-3H3,(H,31,34)/t18-,19?,20?/m1/s1. The first-order valence-corrected chi connectivity index (χ1v) is 13.0. The molecular weight excluding hydrogens is 496 g/mol. The zero-order valence-corrected chi connectivity index (χ0v) is 21.8. The number of hydrogen-bond acceptors (Lipinski definition) is 6. The summed E-state index contributed by atoms with van der Waals surface area (Å²) in [5.74, 6) is -1.35. The van der Waals surface area contributed by atoms with E-state index < -0.39 is 29.4 Å². The van der Waals surface area contributed by atoms with Gasteiger partial charge in [-0.15, -0.1) is 0 Å². The molecule has 2 bridgehead atoms. The van der Waals surface area contributed by atoms with E-state index in [4.69, 9.17) is 14.2 Å². The Morgan fingerprint density at radius 3 is 2.45 bits per heavy atom. The summed E-state index contributed by atoms with van der Waals surface area (Å²) in [5.41, 5.74) is 0.440. The van der Waals surface area contributed by atoms with Gasteiger partial charge in [0.2, 0.25) is 0 Å². The number of carbonyl (C=O) groups is 2. The van der Waals surface area contributed by atoms with Crippen molar-refractivity contribution in [2.45, 2.75) is 70.4 Å². The second kappa shape index (κ2) is 10.3. The van der Waals surface area contributed by atoms with Crippen LogP contribution in [0.2, 0.25) is 0 Å². The summed E-state index contributed by atoms with van der Waals surface area (Å²) in [6.07, 6.45) is 0.614. The first-order chi connectivity index (χ1) is 18.1. The highest BCUT2D eigenvalue weighted by molar-refractivity contribution is 5.71. The van der Waals surface area contributed by atoms with Crippen molar-refractivity contribution in [3.63, 3.8) is 0 Å². The van der Waals surface area contributed by atoms with Gasteiger partial charge in [0.15, 0.2) is 11.6 Å². The van der Waals surface area contributed by atoms with Crippen LogP contribution in [0.4, 0.5) is 24.1 Å². The van der Waals surface area contributed by atoms with E-state index in [1.54, 1.807) is 9.80 Å². The molecule has 0 spiro atoms. The predicted octanol–water partition coefficient (Wildman–Crippen LogP) is 4.78. The maximum absolute atomic E-state index is 15.6. The molecule has 0 aliphatic carbocycles.